The van der Waals surface area contributed by atoms with Crippen molar-refractivity contribution in [1.82, 2.24) is 24.3 Å². The van der Waals surface area contributed by atoms with Crippen LogP contribution in [0.25, 0.3) is 22.2 Å². The number of likely N-dealkylation sites (N-methyl/N-ethyl adjacent to an activating group) is 1. The lowest BCUT2D eigenvalue weighted by Crippen LogP contribution is -2.32. The van der Waals surface area contributed by atoms with Crippen molar-refractivity contribution in [2.75, 3.05) is 52.2 Å². The predicted octanol–water partition coefficient (Wildman–Crippen LogP) is 5.44. The number of nitrogen functional groups attached to an aromatic ring is 1. The molecule has 0 bridgehead atoms. The van der Waals surface area contributed by atoms with Gasteiger partial charge in [0, 0.05) is 61.7 Å². The second-order valence-corrected chi connectivity index (χ2v) is 12.3. The zero-order valence-corrected chi connectivity index (χ0v) is 25.3. The van der Waals surface area contributed by atoms with Gasteiger partial charge >= 0.3 is 0 Å². The highest BCUT2D eigenvalue weighted by Gasteiger charge is 2.37. The topological polar surface area (TPSA) is 98.7 Å². The molecule has 0 amide bonds. The number of likely N-dealkylation sites (tertiary alicyclic amines) is 1. The first kappa shape index (κ1) is 28.7. The summed E-state index contributed by atoms with van der Waals surface area (Å²) in [6.07, 6.45) is 9.02. The Hall–Kier alpha value is -4.05. The number of rotatable bonds is 11. The van der Waals surface area contributed by atoms with E-state index in [0.29, 0.717) is 24.3 Å². The third-order valence-electron chi connectivity index (χ3n) is 9.28. The van der Waals surface area contributed by atoms with E-state index in [0.717, 1.165) is 104 Å². The van der Waals surface area contributed by atoms with Crippen LogP contribution in [0.2, 0.25) is 0 Å². The van der Waals surface area contributed by atoms with Gasteiger partial charge in [0.2, 0.25) is 0 Å². The van der Waals surface area contributed by atoms with Crippen molar-refractivity contribution in [3.05, 3.63) is 78.3 Å². The molecule has 2 aromatic heterocycles. The summed E-state index contributed by atoms with van der Waals surface area (Å²) in [6, 6.07) is 18.8. The Bertz CT molecular complexity index is 1640. The summed E-state index contributed by atoms with van der Waals surface area (Å²) in [4.78, 5) is 25.9. The maximum atomic E-state index is 12.0. The van der Waals surface area contributed by atoms with Gasteiger partial charge in [-0.05, 0) is 68.5 Å². The lowest BCUT2D eigenvalue weighted by molar-refractivity contribution is -0.105. The van der Waals surface area contributed by atoms with E-state index in [4.69, 9.17) is 20.2 Å². The standard InChI is InChI=1S/C35H40N6O3/c1-39(28-15-18-43-22-28)16-13-24(21-42)19-40-17-14-27(20-40)41-33(26-7-8-26)31(32-34(36)37-23-38-35(32)41)25-9-11-30(12-10-25)44-29-5-3-2-4-6-29/h2-6,9-13,21,23,26-28H,7-8,14-20,22H2,1H3,(H2,36,37,38)/b24-13-/t27-,28-/m1/s1. The molecule has 3 fully saturated rings. The van der Waals surface area contributed by atoms with Crippen molar-refractivity contribution in [2.24, 2.45) is 0 Å². The number of aromatic nitrogens is 3. The highest BCUT2D eigenvalue weighted by atomic mass is 16.5. The summed E-state index contributed by atoms with van der Waals surface area (Å²) in [7, 11) is 2.11. The molecule has 2 aliphatic heterocycles. The Morgan fingerprint density at radius 2 is 1.86 bits per heavy atom. The molecule has 9 heteroatoms. The number of hydrogen-bond donors (Lipinski definition) is 1. The van der Waals surface area contributed by atoms with E-state index in [9.17, 15) is 4.79 Å². The number of fused-ring (bicyclic) bond motifs is 1. The zero-order valence-electron chi connectivity index (χ0n) is 25.3. The van der Waals surface area contributed by atoms with Crippen LogP contribution in [0.1, 0.15) is 43.3 Å². The Labute approximate surface area is 258 Å². The van der Waals surface area contributed by atoms with E-state index < -0.39 is 0 Å². The summed E-state index contributed by atoms with van der Waals surface area (Å²) in [5.74, 6) is 2.57. The number of aldehydes is 1. The molecule has 1 aliphatic carbocycles. The molecule has 2 aromatic carbocycles. The maximum absolute atomic E-state index is 12.0. The van der Waals surface area contributed by atoms with E-state index in [1.165, 1.54) is 5.69 Å². The van der Waals surface area contributed by atoms with Crippen LogP contribution in [-0.2, 0) is 9.53 Å². The number of ether oxygens (including phenoxy) is 2. The number of carbonyl (C=O) groups is 1. The van der Waals surface area contributed by atoms with Crippen LogP contribution in [0.15, 0.2) is 72.6 Å². The minimum Gasteiger partial charge on any atom is -0.457 e. The molecule has 1 saturated carbocycles. The molecule has 228 valence electrons. The Kier molecular flexibility index (Phi) is 8.16. The molecule has 2 N–H and O–H groups in total. The van der Waals surface area contributed by atoms with Gasteiger partial charge in [-0.15, -0.1) is 0 Å². The first-order valence-electron chi connectivity index (χ1n) is 15.7. The maximum Gasteiger partial charge on any atom is 0.147 e. The van der Waals surface area contributed by atoms with E-state index in [2.05, 4.69) is 44.6 Å². The van der Waals surface area contributed by atoms with Crippen molar-refractivity contribution in [2.45, 2.75) is 43.7 Å². The van der Waals surface area contributed by atoms with Crippen LogP contribution in [0.5, 0.6) is 11.5 Å². The minimum absolute atomic E-state index is 0.239. The minimum atomic E-state index is 0.239. The molecule has 4 aromatic rings. The quantitative estimate of drug-likeness (QED) is 0.182. The molecule has 7 rings (SSSR count). The molecule has 4 heterocycles. The highest BCUT2D eigenvalue weighted by Crippen LogP contribution is 2.51. The van der Waals surface area contributed by atoms with Gasteiger partial charge in [-0.3, -0.25) is 14.6 Å². The van der Waals surface area contributed by atoms with Crippen LogP contribution >= 0.6 is 0 Å². The molecule has 2 atom stereocenters. The monoisotopic (exact) mass is 592 g/mol. The Balaban J connectivity index is 1.16. The molecule has 9 nitrogen and oxygen atoms in total. The van der Waals surface area contributed by atoms with Gasteiger partial charge in [-0.1, -0.05) is 36.4 Å². The first-order chi connectivity index (χ1) is 21.6. The van der Waals surface area contributed by atoms with Crippen molar-refractivity contribution < 1.29 is 14.3 Å². The van der Waals surface area contributed by atoms with Gasteiger partial charge < -0.3 is 19.8 Å². The number of nitrogens with two attached hydrogens (primary N) is 1. The van der Waals surface area contributed by atoms with Crippen LogP contribution < -0.4 is 10.5 Å². The molecule has 0 radical (unpaired) electrons. The molecule has 2 saturated heterocycles. The van der Waals surface area contributed by atoms with Crippen LogP contribution in [0, 0.1) is 0 Å². The number of carbonyl (C=O) groups excluding carboxylic acids is 1. The third-order valence-corrected chi connectivity index (χ3v) is 9.28. The zero-order chi connectivity index (χ0) is 30.0. The van der Waals surface area contributed by atoms with Crippen molar-refractivity contribution in [1.29, 1.82) is 0 Å². The van der Waals surface area contributed by atoms with Gasteiger partial charge in [-0.2, -0.15) is 0 Å². The lowest BCUT2D eigenvalue weighted by Gasteiger charge is -2.22. The normalized spacial score (nSPS) is 21.0. The first-order valence-corrected chi connectivity index (χ1v) is 15.7. The highest BCUT2D eigenvalue weighted by molar-refractivity contribution is 6.03. The average molecular weight is 593 g/mol. The Morgan fingerprint density at radius 1 is 1.07 bits per heavy atom. The number of anilines is 1. The van der Waals surface area contributed by atoms with E-state index in [1.54, 1.807) is 6.33 Å². The third kappa shape index (κ3) is 5.87. The lowest BCUT2D eigenvalue weighted by atomic mass is 10.0. The van der Waals surface area contributed by atoms with Gasteiger partial charge in [0.25, 0.3) is 0 Å². The molecular weight excluding hydrogens is 552 g/mol. The summed E-state index contributed by atoms with van der Waals surface area (Å²) >= 11 is 0. The van der Waals surface area contributed by atoms with Crippen LogP contribution in [-0.4, -0.2) is 83.1 Å². The van der Waals surface area contributed by atoms with Gasteiger partial charge in [0.15, 0.2) is 0 Å². The molecule has 44 heavy (non-hydrogen) atoms. The fourth-order valence-corrected chi connectivity index (χ4v) is 6.76. The summed E-state index contributed by atoms with van der Waals surface area (Å²) < 4.78 is 14.1. The predicted molar refractivity (Wildman–Crippen MR) is 172 cm³/mol. The van der Waals surface area contributed by atoms with Crippen molar-refractivity contribution >= 4 is 23.1 Å². The van der Waals surface area contributed by atoms with E-state index >= 15 is 0 Å². The van der Waals surface area contributed by atoms with Crippen LogP contribution in [0.3, 0.4) is 0 Å². The Morgan fingerprint density at radius 3 is 2.59 bits per heavy atom. The van der Waals surface area contributed by atoms with Crippen molar-refractivity contribution in [3.63, 3.8) is 0 Å². The number of hydrogen-bond acceptors (Lipinski definition) is 8. The fourth-order valence-electron chi connectivity index (χ4n) is 6.76. The fraction of sp³-hybridized carbons (Fsp3) is 0.400. The summed E-state index contributed by atoms with van der Waals surface area (Å²) in [6.45, 7) is 4.77. The van der Waals surface area contributed by atoms with Gasteiger partial charge in [-0.25, -0.2) is 9.97 Å². The van der Waals surface area contributed by atoms with Gasteiger partial charge in [0.05, 0.1) is 12.0 Å². The second kappa shape index (κ2) is 12.5. The number of nitrogens with zero attached hydrogens (tertiary/aromatic N) is 5. The molecule has 0 spiro atoms. The van der Waals surface area contributed by atoms with Crippen molar-refractivity contribution in [3.8, 4) is 22.6 Å². The SMILES string of the molecule is CN(C/C=C(\C=O)CN1CC[C@@H](n2c(C3CC3)c(-c3ccc(Oc4ccccc4)cc3)c3c(N)ncnc32)C1)[C@@H]1CCOC1. The smallest absolute Gasteiger partial charge is 0.147 e. The average Bonchev–Trinajstić information content (AvgIpc) is 3.40. The van der Waals surface area contributed by atoms with E-state index in [1.807, 2.05) is 42.5 Å². The summed E-state index contributed by atoms with van der Waals surface area (Å²) in [5, 5.41) is 0.928. The summed E-state index contributed by atoms with van der Waals surface area (Å²) in [5.41, 5.74) is 11.9. The number of benzene rings is 2. The number of para-hydroxylation sites is 1. The molecule has 3 aliphatic rings. The van der Waals surface area contributed by atoms with E-state index in [-0.39, 0.29) is 6.04 Å². The second-order valence-electron chi connectivity index (χ2n) is 12.3. The van der Waals surface area contributed by atoms with Crippen LogP contribution in [0.4, 0.5) is 5.82 Å². The molecular formula is C35H40N6O3. The largest absolute Gasteiger partial charge is 0.457 e. The molecule has 0 unspecified atom stereocenters. The van der Waals surface area contributed by atoms with Gasteiger partial charge in [0.1, 0.15) is 35.6 Å².